The summed E-state index contributed by atoms with van der Waals surface area (Å²) in [5.41, 5.74) is 3.64. The molecule has 3 aromatic carbocycles. The molecule has 6 heteroatoms. The molecular weight excluding hydrogens is 412 g/mol. The summed E-state index contributed by atoms with van der Waals surface area (Å²) in [5, 5.41) is 0. The lowest BCUT2D eigenvalue weighted by atomic mass is 10.00. The Kier molecular flexibility index (Phi) is 5.86. The van der Waals surface area contributed by atoms with E-state index in [1.807, 2.05) is 30.3 Å². The van der Waals surface area contributed by atoms with Gasteiger partial charge in [0, 0.05) is 35.9 Å². The van der Waals surface area contributed by atoms with Gasteiger partial charge in [0.15, 0.2) is 0 Å². The zero-order valence-electron chi connectivity index (χ0n) is 18.3. The van der Waals surface area contributed by atoms with Crippen molar-refractivity contribution in [2.24, 2.45) is 7.05 Å². The summed E-state index contributed by atoms with van der Waals surface area (Å²) in [6, 6.07) is 18.8. The van der Waals surface area contributed by atoms with E-state index in [0.717, 1.165) is 11.1 Å². The van der Waals surface area contributed by atoms with Crippen LogP contribution < -0.4 is 14.2 Å². The lowest BCUT2D eigenvalue weighted by Gasteiger charge is -2.13. The van der Waals surface area contributed by atoms with Crippen molar-refractivity contribution in [2.75, 3.05) is 21.3 Å². The van der Waals surface area contributed by atoms with Gasteiger partial charge >= 0.3 is 0 Å². The molecule has 4 aromatic rings. The number of rotatable bonds is 6. The summed E-state index contributed by atoms with van der Waals surface area (Å²) in [4.78, 5) is 0. The van der Waals surface area contributed by atoms with Gasteiger partial charge in [-0.05, 0) is 48.0 Å². The van der Waals surface area contributed by atoms with Crippen molar-refractivity contribution >= 4 is 0 Å². The van der Waals surface area contributed by atoms with E-state index in [4.69, 9.17) is 14.2 Å². The average Bonchev–Trinajstić information content (AvgIpc) is 3.15. The van der Waals surface area contributed by atoms with E-state index in [9.17, 15) is 4.39 Å². The lowest BCUT2D eigenvalue weighted by Crippen LogP contribution is -1.99. The summed E-state index contributed by atoms with van der Waals surface area (Å²) in [7, 11) is 6.37. The summed E-state index contributed by atoms with van der Waals surface area (Å²) >= 11 is 0. The predicted octanol–water partition coefficient (Wildman–Crippen LogP) is 6.33. The molecule has 0 unspecified atom stereocenters. The highest BCUT2D eigenvalue weighted by Crippen LogP contribution is 2.41. The molecule has 4 rings (SSSR count). The van der Waals surface area contributed by atoms with Crippen LogP contribution in [0.5, 0.6) is 17.2 Å². The van der Waals surface area contributed by atoms with Gasteiger partial charge in [0.2, 0.25) is 0 Å². The molecule has 0 radical (unpaired) electrons. The maximum atomic E-state index is 15.1. The minimum absolute atomic E-state index is 0.388. The normalized spacial score (nSPS) is 10.8. The quantitative estimate of drug-likeness (QED) is 0.355. The summed E-state index contributed by atoms with van der Waals surface area (Å²) in [6.07, 6.45) is 0. The maximum Gasteiger partial charge on any atom is 0.136 e. The van der Waals surface area contributed by atoms with E-state index in [2.05, 4.69) is 0 Å². The predicted molar refractivity (Wildman–Crippen MR) is 121 cm³/mol. The number of benzene rings is 3. The first-order valence-corrected chi connectivity index (χ1v) is 9.98. The molecule has 32 heavy (non-hydrogen) atoms. The van der Waals surface area contributed by atoms with Gasteiger partial charge < -0.3 is 18.8 Å². The number of nitrogens with zero attached hydrogens (tertiary/aromatic N) is 1. The Bertz CT molecular complexity index is 1260. The molecule has 0 aliphatic carbocycles. The van der Waals surface area contributed by atoms with Gasteiger partial charge in [0.05, 0.1) is 32.7 Å². The number of halogens is 2. The van der Waals surface area contributed by atoms with E-state index in [1.54, 1.807) is 43.0 Å². The number of ether oxygens (including phenoxy) is 3. The molecule has 4 nitrogen and oxygen atoms in total. The Morgan fingerprint density at radius 3 is 1.59 bits per heavy atom. The Labute approximate surface area is 185 Å². The SMILES string of the molecule is COc1ccc(-c2cc(-c3ccc(OC)cc3F)n(C)c2-c2ccc(OC)cc2F)cc1. The van der Waals surface area contributed by atoms with Crippen LogP contribution in [0, 0.1) is 11.6 Å². The molecule has 0 saturated carbocycles. The number of hydrogen-bond donors (Lipinski definition) is 0. The monoisotopic (exact) mass is 435 g/mol. The molecule has 0 aliphatic heterocycles. The highest BCUT2D eigenvalue weighted by atomic mass is 19.1. The third-order valence-corrected chi connectivity index (χ3v) is 5.52. The van der Waals surface area contributed by atoms with Gasteiger partial charge in [-0.2, -0.15) is 0 Å². The first-order chi connectivity index (χ1) is 15.5. The third kappa shape index (κ3) is 3.80. The van der Waals surface area contributed by atoms with Crippen LogP contribution in [-0.2, 0) is 7.05 Å². The van der Waals surface area contributed by atoms with Gasteiger partial charge in [-0.25, -0.2) is 8.78 Å². The Hall–Kier alpha value is -3.80. The summed E-state index contributed by atoms with van der Waals surface area (Å²) in [5.74, 6) is 0.712. The van der Waals surface area contributed by atoms with Crippen molar-refractivity contribution in [2.45, 2.75) is 0 Å². The molecule has 0 bridgehead atoms. The Morgan fingerprint density at radius 1 is 0.594 bits per heavy atom. The van der Waals surface area contributed by atoms with Crippen molar-refractivity contribution < 1.29 is 23.0 Å². The second-order valence-corrected chi connectivity index (χ2v) is 7.27. The fraction of sp³-hybridized carbons (Fsp3) is 0.154. The van der Waals surface area contributed by atoms with Crippen LogP contribution in [0.3, 0.4) is 0 Å². The molecule has 0 saturated heterocycles. The van der Waals surface area contributed by atoms with Crippen LogP contribution in [0.1, 0.15) is 0 Å². The first kappa shape index (κ1) is 21.4. The standard InChI is InChI=1S/C26H23F2NO3/c1-29-25(20-11-9-18(31-3)13-23(20)27)15-22(16-5-7-17(30-2)8-6-16)26(29)21-12-10-19(32-4)14-24(21)28/h5-15H,1-4H3. The minimum Gasteiger partial charge on any atom is -0.497 e. The zero-order chi connectivity index (χ0) is 22.8. The average molecular weight is 435 g/mol. The number of aromatic nitrogens is 1. The van der Waals surface area contributed by atoms with Crippen LogP contribution in [-0.4, -0.2) is 25.9 Å². The molecule has 164 valence electrons. The van der Waals surface area contributed by atoms with Crippen molar-refractivity contribution in [1.82, 2.24) is 4.57 Å². The van der Waals surface area contributed by atoms with E-state index in [-0.39, 0.29) is 0 Å². The van der Waals surface area contributed by atoms with Crippen LogP contribution in [0.4, 0.5) is 8.78 Å². The van der Waals surface area contributed by atoms with Gasteiger partial charge in [-0.1, -0.05) is 12.1 Å². The van der Waals surface area contributed by atoms with Crippen molar-refractivity contribution in [1.29, 1.82) is 0 Å². The second-order valence-electron chi connectivity index (χ2n) is 7.27. The molecule has 0 spiro atoms. The highest BCUT2D eigenvalue weighted by molar-refractivity contribution is 5.87. The van der Waals surface area contributed by atoms with E-state index in [1.165, 1.54) is 26.4 Å². The number of methoxy groups -OCH3 is 3. The second kappa shape index (κ2) is 8.75. The highest BCUT2D eigenvalue weighted by Gasteiger charge is 2.21. The molecule has 1 aromatic heterocycles. The van der Waals surface area contributed by atoms with Crippen LogP contribution >= 0.6 is 0 Å². The molecule has 0 N–H and O–H groups in total. The third-order valence-electron chi connectivity index (χ3n) is 5.52. The van der Waals surface area contributed by atoms with Gasteiger partial charge in [0.1, 0.15) is 28.9 Å². The topological polar surface area (TPSA) is 32.6 Å². The fourth-order valence-corrected chi connectivity index (χ4v) is 3.82. The maximum absolute atomic E-state index is 15.1. The molecule has 0 aliphatic rings. The molecular formula is C26H23F2NO3. The minimum atomic E-state index is -0.429. The van der Waals surface area contributed by atoms with E-state index >= 15 is 4.39 Å². The molecule has 0 fully saturated rings. The molecule has 0 atom stereocenters. The fourth-order valence-electron chi connectivity index (χ4n) is 3.82. The van der Waals surface area contributed by atoms with Crippen LogP contribution in [0.25, 0.3) is 33.6 Å². The molecule has 0 amide bonds. The van der Waals surface area contributed by atoms with Gasteiger partial charge in [0.25, 0.3) is 0 Å². The van der Waals surface area contributed by atoms with Crippen molar-refractivity contribution in [3.8, 4) is 50.9 Å². The summed E-state index contributed by atoms with van der Waals surface area (Å²) in [6.45, 7) is 0. The molecule has 1 heterocycles. The zero-order valence-corrected chi connectivity index (χ0v) is 18.3. The van der Waals surface area contributed by atoms with Crippen LogP contribution in [0.15, 0.2) is 66.7 Å². The van der Waals surface area contributed by atoms with Gasteiger partial charge in [-0.15, -0.1) is 0 Å². The Morgan fingerprint density at radius 2 is 1.09 bits per heavy atom. The Balaban J connectivity index is 1.96. The first-order valence-electron chi connectivity index (χ1n) is 9.98. The summed E-state index contributed by atoms with van der Waals surface area (Å²) < 4.78 is 47.4. The van der Waals surface area contributed by atoms with E-state index in [0.29, 0.717) is 39.8 Å². The lowest BCUT2D eigenvalue weighted by molar-refractivity contribution is 0.411. The van der Waals surface area contributed by atoms with E-state index < -0.39 is 11.6 Å². The number of hydrogen-bond acceptors (Lipinski definition) is 3. The van der Waals surface area contributed by atoms with Gasteiger partial charge in [-0.3, -0.25) is 0 Å². The largest absolute Gasteiger partial charge is 0.497 e. The smallest absolute Gasteiger partial charge is 0.136 e. The van der Waals surface area contributed by atoms with Crippen molar-refractivity contribution in [3.05, 3.63) is 78.4 Å². The van der Waals surface area contributed by atoms with Crippen molar-refractivity contribution in [3.63, 3.8) is 0 Å². The van der Waals surface area contributed by atoms with Crippen LogP contribution in [0.2, 0.25) is 0 Å².